The third-order valence-corrected chi connectivity index (χ3v) is 7.67. The predicted molar refractivity (Wildman–Crippen MR) is 126 cm³/mol. The van der Waals surface area contributed by atoms with Crippen molar-refractivity contribution in [3.63, 3.8) is 0 Å². The average Bonchev–Trinajstić information content (AvgIpc) is 3.38. The van der Waals surface area contributed by atoms with Crippen LogP contribution in [0.5, 0.6) is 0 Å². The van der Waals surface area contributed by atoms with Crippen LogP contribution in [0.25, 0.3) is 16.4 Å². The van der Waals surface area contributed by atoms with E-state index in [9.17, 15) is 13.2 Å². The van der Waals surface area contributed by atoms with Crippen molar-refractivity contribution in [3.05, 3.63) is 52.9 Å². The van der Waals surface area contributed by atoms with Gasteiger partial charge in [0.2, 0.25) is 5.95 Å². The lowest BCUT2D eigenvalue weighted by molar-refractivity contribution is 0.0793. The zero-order chi connectivity index (χ0) is 23.6. The molecule has 0 amide bonds. The molecule has 1 aliphatic carbocycles. The number of halogens is 1. The van der Waals surface area contributed by atoms with E-state index in [0.29, 0.717) is 17.9 Å². The number of hydrogen-bond donors (Lipinski definition) is 0. The van der Waals surface area contributed by atoms with Gasteiger partial charge in [-0.25, -0.2) is 10.1 Å². The van der Waals surface area contributed by atoms with Gasteiger partial charge in [0.05, 0.1) is 6.73 Å². The van der Waals surface area contributed by atoms with Gasteiger partial charge in [-0.05, 0) is 53.6 Å². The quantitative estimate of drug-likeness (QED) is 0.185. The summed E-state index contributed by atoms with van der Waals surface area (Å²) in [4.78, 5) is 7.77. The van der Waals surface area contributed by atoms with Gasteiger partial charge in [0, 0.05) is 49.7 Å². The highest BCUT2D eigenvalue weighted by Crippen LogP contribution is 2.44. The van der Waals surface area contributed by atoms with Gasteiger partial charge in [0.25, 0.3) is 0 Å². The van der Waals surface area contributed by atoms with Crippen LogP contribution >= 0.6 is 0 Å². The van der Waals surface area contributed by atoms with Crippen molar-refractivity contribution in [1.82, 2.24) is 19.7 Å². The van der Waals surface area contributed by atoms with Gasteiger partial charge < -0.3 is 24.3 Å². The Bertz CT molecular complexity index is 1180. The molecule has 0 fully saturated rings. The SMILES string of the molecule is C[Si](C)(C)CCOCn1nc(S(=O)[O-])nc1[N-]c1c(-c2ccnc(F)c2)ccc2c1CCC2. The van der Waals surface area contributed by atoms with Gasteiger partial charge in [-0.1, -0.05) is 31.8 Å². The van der Waals surface area contributed by atoms with Crippen LogP contribution in [0.2, 0.25) is 25.7 Å². The summed E-state index contributed by atoms with van der Waals surface area (Å²) in [5.41, 5.74) is 4.26. The zero-order valence-electron chi connectivity index (χ0n) is 18.9. The summed E-state index contributed by atoms with van der Waals surface area (Å²) < 4.78 is 44.0. The molecule has 1 atom stereocenters. The molecule has 1 aromatic carbocycles. The summed E-state index contributed by atoms with van der Waals surface area (Å²) in [5.74, 6) is -0.444. The number of fused-ring (bicyclic) bond motifs is 1. The molecule has 33 heavy (non-hydrogen) atoms. The summed E-state index contributed by atoms with van der Waals surface area (Å²) in [6.45, 7) is 7.36. The number of nitrogens with zero attached hydrogens (tertiary/aromatic N) is 5. The molecule has 4 rings (SSSR count). The van der Waals surface area contributed by atoms with E-state index in [1.165, 1.54) is 22.5 Å². The van der Waals surface area contributed by atoms with Crippen molar-refractivity contribution < 1.29 is 17.9 Å². The van der Waals surface area contributed by atoms with Gasteiger partial charge in [-0.3, -0.25) is 4.21 Å². The Kier molecular flexibility index (Phi) is 7.03. The molecule has 0 saturated heterocycles. The van der Waals surface area contributed by atoms with E-state index in [1.807, 2.05) is 12.1 Å². The molecule has 0 bridgehead atoms. The van der Waals surface area contributed by atoms with E-state index in [1.54, 1.807) is 6.07 Å². The molecule has 176 valence electrons. The second-order valence-electron chi connectivity index (χ2n) is 9.21. The molecule has 3 aromatic rings. The molecule has 2 aromatic heterocycles. The van der Waals surface area contributed by atoms with E-state index in [-0.39, 0.29) is 17.8 Å². The number of rotatable bonds is 9. The van der Waals surface area contributed by atoms with E-state index >= 15 is 0 Å². The maximum atomic E-state index is 13.8. The second kappa shape index (κ2) is 9.80. The first kappa shape index (κ1) is 23.7. The third kappa shape index (κ3) is 5.72. The summed E-state index contributed by atoms with van der Waals surface area (Å²) >= 11 is -2.60. The number of pyridine rings is 1. The molecule has 0 N–H and O–H groups in total. The van der Waals surface area contributed by atoms with Gasteiger partial charge in [0.1, 0.15) is 5.16 Å². The largest absolute Gasteiger partial charge is 0.767 e. The minimum Gasteiger partial charge on any atom is -0.767 e. The molecular formula is C22H26FN5O3SSi-2. The molecule has 8 nitrogen and oxygen atoms in total. The first-order valence-corrected chi connectivity index (χ1v) is 15.6. The standard InChI is InChI=1S/C22H27FN5O3SSi/c1-33(2,3)12-11-31-14-28-21(26-22(27-28)32(29)30)25-20-17-6-4-5-15(17)7-8-18(20)16-9-10-24-19(23)13-16/h7-10,13H,4-6,11-12,14H2,1-3H3,(H-,25,26,27,29,30)/q-1/p-1. The van der Waals surface area contributed by atoms with Gasteiger partial charge in [0.15, 0.2) is 0 Å². The number of aromatic nitrogens is 4. The Morgan fingerprint density at radius 2 is 2.09 bits per heavy atom. The first-order chi connectivity index (χ1) is 15.7. The van der Waals surface area contributed by atoms with Crippen molar-refractivity contribution >= 4 is 30.8 Å². The summed E-state index contributed by atoms with van der Waals surface area (Å²) in [7, 11) is -1.27. The smallest absolute Gasteiger partial charge is 0.213 e. The highest BCUT2D eigenvalue weighted by atomic mass is 32.2. The molecule has 1 unspecified atom stereocenters. The fourth-order valence-electron chi connectivity index (χ4n) is 3.76. The lowest BCUT2D eigenvalue weighted by Crippen LogP contribution is -2.22. The topological polar surface area (TPSA) is 107 Å². The van der Waals surface area contributed by atoms with Crippen LogP contribution in [0.3, 0.4) is 0 Å². The molecule has 1 aliphatic rings. The fourth-order valence-corrected chi connectivity index (χ4v) is 4.84. The van der Waals surface area contributed by atoms with E-state index in [2.05, 4.69) is 34.7 Å². The van der Waals surface area contributed by atoms with Crippen LogP contribution in [-0.4, -0.2) is 43.2 Å². The summed E-state index contributed by atoms with van der Waals surface area (Å²) in [6, 6.07) is 8.00. The van der Waals surface area contributed by atoms with E-state index in [0.717, 1.165) is 36.4 Å². The van der Waals surface area contributed by atoms with Crippen LogP contribution in [0, 0.1) is 5.95 Å². The van der Waals surface area contributed by atoms with Crippen LogP contribution in [-0.2, 0) is 35.4 Å². The molecule has 0 aliphatic heterocycles. The molecule has 11 heteroatoms. The third-order valence-electron chi connectivity index (χ3n) is 5.49. The second-order valence-corrected chi connectivity index (χ2v) is 15.7. The van der Waals surface area contributed by atoms with Crippen LogP contribution < -0.4 is 0 Å². The van der Waals surface area contributed by atoms with Gasteiger partial charge in [-0.15, -0.1) is 0 Å². The lowest BCUT2D eigenvalue weighted by Gasteiger charge is -2.22. The monoisotopic (exact) mass is 487 g/mol. The maximum absolute atomic E-state index is 13.8. The maximum Gasteiger partial charge on any atom is 0.213 e. The normalized spacial score (nSPS) is 14.3. The van der Waals surface area contributed by atoms with E-state index < -0.39 is 25.1 Å². The highest BCUT2D eigenvalue weighted by Gasteiger charge is 2.19. The minimum absolute atomic E-state index is 0.0434. The lowest BCUT2D eigenvalue weighted by atomic mass is 9.98. The van der Waals surface area contributed by atoms with Crippen molar-refractivity contribution in [2.75, 3.05) is 6.61 Å². The number of hydrogen-bond acceptors (Lipinski definition) is 6. The zero-order valence-corrected chi connectivity index (χ0v) is 20.7. The van der Waals surface area contributed by atoms with Crippen LogP contribution in [0.15, 0.2) is 35.6 Å². The van der Waals surface area contributed by atoms with Gasteiger partial charge >= 0.3 is 0 Å². The molecule has 0 spiro atoms. The highest BCUT2D eigenvalue weighted by molar-refractivity contribution is 7.78. The Hall–Kier alpha value is -2.47. The Balaban J connectivity index is 1.68. The van der Waals surface area contributed by atoms with Crippen molar-refractivity contribution in [2.45, 2.75) is 56.8 Å². The van der Waals surface area contributed by atoms with Crippen LogP contribution in [0.1, 0.15) is 17.5 Å². The Labute approximate surface area is 195 Å². The summed E-state index contributed by atoms with van der Waals surface area (Å²) in [5, 5.41) is 8.48. The molecule has 0 saturated carbocycles. The molecule has 0 radical (unpaired) electrons. The number of benzene rings is 1. The summed E-state index contributed by atoms with van der Waals surface area (Å²) in [6.07, 6.45) is 4.17. The molecular weight excluding hydrogens is 461 g/mol. The van der Waals surface area contributed by atoms with Crippen LogP contribution in [0.4, 0.5) is 16.0 Å². The van der Waals surface area contributed by atoms with E-state index in [4.69, 9.17) is 10.1 Å². The Morgan fingerprint density at radius 3 is 2.82 bits per heavy atom. The predicted octanol–water partition coefficient (Wildman–Crippen LogP) is 4.86. The van der Waals surface area contributed by atoms with Gasteiger partial charge in [-0.2, -0.15) is 4.39 Å². The average molecular weight is 488 g/mol. The number of ether oxygens (including phenoxy) is 1. The van der Waals surface area contributed by atoms with Crippen molar-refractivity contribution in [3.8, 4) is 11.1 Å². The Morgan fingerprint density at radius 1 is 1.27 bits per heavy atom. The van der Waals surface area contributed by atoms with Crippen molar-refractivity contribution in [1.29, 1.82) is 0 Å². The number of aryl methyl sites for hydroxylation is 1. The molecule has 2 heterocycles. The fraction of sp³-hybridized carbons (Fsp3) is 0.409. The minimum atomic E-state index is -2.60. The van der Waals surface area contributed by atoms with Crippen molar-refractivity contribution in [2.24, 2.45) is 0 Å². The first-order valence-electron chi connectivity index (χ1n) is 10.8.